The van der Waals surface area contributed by atoms with E-state index < -0.39 is 9.84 Å². The van der Waals surface area contributed by atoms with Crippen molar-refractivity contribution in [1.29, 1.82) is 0 Å². The predicted molar refractivity (Wildman–Crippen MR) is 77.8 cm³/mol. The average Bonchev–Trinajstić information content (AvgIpc) is 3.09. The summed E-state index contributed by atoms with van der Waals surface area (Å²) in [7, 11) is -2.92. The SMILES string of the molecule is Cc1nc([C@H]2CCCN2C(=O)CN2CCS(=O)(=O)CC2)no1. The molecule has 0 spiro atoms. The van der Waals surface area contributed by atoms with Crippen LogP contribution in [0.2, 0.25) is 0 Å². The lowest BCUT2D eigenvalue weighted by Gasteiger charge is -2.29. The van der Waals surface area contributed by atoms with E-state index in [1.165, 1.54) is 0 Å². The summed E-state index contributed by atoms with van der Waals surface area (Å²) in [5.74, 6) is 1.32. The number of carbonyl (C=O) groups is 1. The molecule has 1 aromatic heterocycles. The first-order chi connectivity index (χ1) is 10.4. The Hall–Kier alpha value is -1.48. The summed E-state index contributed by atoms with van der Waals surface area (Å²) in [4.78, 5) is 20.4. The molecule has 0 radical (unpaired) electrons. The van der Waals surface area contributed by atoms with Crippen molar-refractivity contribution in [3.63, 3.8) is 0 Å². The van der Waals surface area contributed by atoms with Gasteiger partial charge in [-0.1, -0.05) is 5.16 Å². The summed E-state index contributed by atoms with van der Waals surface area (Å²) in [6, 6.07) is -0.126. The van der Waals surface area contributed by atoms with Gasteiger partial charge in [-0.05, 0) is 12.8 Å². The molecule has 0 aliphatic carbocycles. The van der Waals surface area contributed by atoms with Crippen molar-refractivity contribution in [3.05, 3.63) is 11.7 Å². The highest BCUT2D eigenvalue weighted by Crippen LogP contribution is 2.30. The van der Waals surface area contributed by atoms with Crippen LogP contribution < -0.4 is 0 Å². The summed E-state index contributed by atoms with van der Waals surface area (Å²) in [5.41, 5.74) is 0. The lowest BCUT2D eigenvalue weighted by atomic mass is 10.2. The smallest absolute Gasteiger partial charge is 0.237 e. The van der Waals surface area contributed by atoms with Crippen LogP contribution in [0.3, 0.4) is 0 Å². The van der Waals surface area contributed by atoms with Crippen LogP contribution in [0.5, 0.6) is 0 Å². The van der Waals surface area contributed by atoms with E-state index >= 15 is 0 Å². The number of amides is 1. The van der Waals surface area contributed by atoms with Gasteiger partial charge in [0.2, 0.25) is 11.8 Å². The van der Waals surface area contributed by atoms with E-state index in [-0.39, 0.29) is 30.0 Å². The van der Waals surface area contributed by atoms with Crippen molar-refractivity contribution < 1.29 is 17.7 Å². The molecule has 3 heterocycles. The van der Waals surface area contributed by atoms with Crippen molar-refractivity contribution in [1.82, 2.24) is 19.9 Å². The molecule has 2 saturated heterocycles. The Balaban J connectivity index is 1.62. The van der Waals surface area contributed by atoms with Crippen LogP contribution >= 0.6 is 0 Å². The third-order valence-corrected chi connectivity index (χ3v) is 5.82. The van der Waals surface area contributed by atoms with Crippen molar-refractivity contribution in [2.45, 2.75) is 25.8 Å². The molecule has 0 aromatic carbocycles. The standard InChI is InChI=1S/C13H20N4O4S/c1-10-14-13(15-21-10)11-3-2-4-17(11)12(18)9-16-5-7-22(19,20)8-6-16/h11H,2-9H2,1H3/t11-/m1/s1. The topological polar surface area (TPSA) is 96.6 Å². The van der Waals surface area contributed by atoms with Crippen LogP contribution in [0.25, 0.3) is 0 Å². The van der Waals surface area contributed by atoms with Crippen LogP contribution in [-0.2, 0) is 14.6 Å². The molecule has 8 nitrogen and oxygen atoms in total. The molecule has 0 saturated carbocycles. The monoisotopic (exact) mass is 328 g/mol. The first-order valence-corrected chi connectivity index (χ1v) is 9.29. The summed E-state index contributed by atoms with van der Waals surface area (Å²) >= 11 is 0. The van der Waals surface area contributed by atoms with E-state index in [4.69, 9.17) is 4.52 Å². The molecule has 122 valence electrons. The third-order valence-electron chi connectivity index (χ3n) is 4.21. The highest BCUT2D eigenvalue weighted by Gasteiger charge is 2.34. The Labute approximate surface area is 129 Å². The third kappa shape index (κ3) is 3.30. The van der Waals surface area contributed by atoms with Crippen LogP contribution in [0.4, 0.5) is 0 Å². The molecular weight excluding hydrogens is 308 g/mol. The maximum Gasteiger partial charge on any atom is 0.237 e. The maximum absolute atomic E-state index is 12.5. The fourth-order valence-electron chi connectivity index (χ4n) is 2.97. The minimum Gasteiger partial charge on any atom is -0.340 e. The second kappa shape index (κ2) is 5.96. The van der Waals surface area contributed by atoms with Gasteiger partial charge in [-0.3, -0.25) is 9.69 Å². The fourth-order valence-corrected chi connectivity index (χ4v) is 4.25. The Kier molecular flexibility index (Phi) is 4.18. The summed E-state index contributed by atoms with van der Waals surface area (Å²) in [6.45, 7) is 3.51. The van der Waals surface area contributed by atoms with E-state index in [2.05, 4.69) is 10.1 Å². The van der Waals surface area contributed by atoms with Crippen LogP contribution in [0.15, 0.2) is 4.52 Å². The summed E-state index contributed by atoms with van der Waals surface area (Å²) < 4.78 is 27.9. The van der Waals surface area contributed by atoms with E-state index in [1.807, 2.05) is 4.90 Å². The first kappa shape index (κ1) is 15.4. The molecule has 0 bridgehead atoms. The molecule has 2 aliphatic rings. The quantitative estimate of drug-likeness (QED) is 0.756. The van der Waals surface area contributed by atoms with E-state index in [1.54, 1.807) is 11.8 Å². The molecule has 1 atom stereocenters. The second-order valence-corrected chi connectivity index (χ2v) is 8.15. The largest absolute Gasteiger partial charge is 0.340 e. The van der Waals surface area contributed by atoms with Crippen molar-refractivity contribution in [2.24, 2.45) is 0 Å². The number of aromatic nitrogens is 2. The maximum atomic E-state index is 12.5. The molecule has 2 aliphatic heterocycles. The molecule has 22 heavy (non-hydrogen) atoms. The average molecular weight is 328 g/mol. The lowest BCUT2D eigenvalue weighted by molar-refractivity contribution is -0.133. The van der Waals surface area contributed by atoms with Gasteiger partial charge in [-0.25, -0.2) is 8.42 Å². The minimum absolute atomic E-state index is 0.00394. The summed E-state index contributed by atoms with van der Waals surface area (Å²) in [5, 5.41) is 3.92. The molecular formula is C13H20N4O4S. The number of rotatable bonds is 3. The van der Waals surface area contributed by atoms with Crippen LogP contribution in [0, 0.1) is 6.92 Å². The van der Waals surface area contributed by atoms with Gasteiger partial charge in [-0.2, -0.15) is 4.98 Å². The Morgan fingerprint density at radius 2 is 2.05 bits per heavy atom. The van der Waals surface area contributed by atoms with E-state index in [0.717, 1.165) is 12.8 Å². The summed E-state index contributed by atoms with van der Waals surface area (Å²) in [6.07, 6.45) is 1.75. The van der Waals surface area contributed by atoms with E-state index in [0.29, 0.717) is 31.3 Å². The Bertz CT molecular complexity index is 643. The van der Waals surface area contributed by atoms with Gasteiger partial charge in [-0.15, -0.1) is 0 Å². The predicted octanol–water partition coefficient (Wildman–Crippen LogP) is -0.228. The van der Waals surface area contributed by atoms with E-state index in [9.17, 15) is 13.2 Å². The van der Waals surface area contributed by atoms with Gasteiger partial charge < -0.3 is 9.42 Å². The number of hydrogen-bond acceptors (Lipinski definition) is 7. The number of nitrogens with zero attached hydrogens (tertiary/aromatic N) is 4. The fraction of sp³-hybridized carbons (Fsp3) is 0.769. The first-order valence-electron chi connectivity index (χ1n) is 7.47. The zero-order valence-electron chi connectivity index (χ0n) is 12.6. The van der Waals surface area contributed by atoms with Crippen molar-refractivity contribution in [2.75, 3.05) is 37.7 Å². The molecule has 0 N–H and O–H groups in total. The van der Waals surface area contributed by atoms with Crippen LogP contribution in [-0.4, -0.2) is 72.0 Å². The van der Waals surface area contributed by atoms with Gasteiger partial charge >= 0.3 is 0 Å². The van der Waals surface area contributed by atoms with Gasteiger partial charge in [0.05, 0.1) is 24.1 Å². The highest BCUT2D eigenvalue weighted by atomic mass is 32.2. The van der Waals surface area contributed by atoms with Gasteiger partial charge in [0, 0.05) is 26.6 Å². The van der Waals surface area contributed by atoms with Gasteiger partial charge in [0.15, 0.2) is 15.7 Å². The molecule has 3 rings (SSSR count). The molecule has 1 amide bonds. The number of sulfone groups is 1. The number of hydrogen-bond donors (Lipinski definition) is 0. The minimum atomic E-state index is -2.92. The highest BCUT2D eigenvalue weighted by molar-refractivity contribution is 7.91. The molecule has 2 fully saturated rings. The lowest BCUT2D eigenvalue weighted by Crippen LogP contribution is -2.46. The Morgan fingerprint density at radius 3 is 2.68 bits per heavy atom. The number of likely N-dealkylation sites (tertiary alicyclic amines) is 1. The van der Waals surface area contributed by atoms with Crippen LogP contribution in [0.1, 0.15) is 30.6 Å². The number of aryl methyl sites for hydroxylation is 1. The van der Waals surface area contributed by atoms with Gasteiger partial charge in [0.1, 0.15) is 0 Å². The molecule has 9 heteroatoms. The zero-order chi connectivity index (χ0) is 15.7. The second-order valence-electron chi connectivity index (χ2n) is 5.84. The molecule has 0 unspecified atom stereocenters. The normalized spacial score (nSPS) is 25.5. The number of carbonyl (C=O) groups excluding carboxylic acids is 1. The zero-order valence-corrected chi connectivity index (χ0v) is 13.4. The molecule has 1 aromatic rings. The van der Waals surface area contributed by atoms with Crippen molar-refractivity contribution >= 4 is 15.7 Å². The van der Waals surface area contributed by atoms with Crippen molar-refractivity contribution in [3.8, 4) is 0 Å². The Morgan fingerprint density at radius 1 is 1.32 bits per heavy atom. The van der Waals surface area contributed by atoms with Gasteiger partial charge in [0.25, 0.3) is 0 Å².